The van der Waals surface area contributed by atoms with Crippen molar-refractivity contribution in [2.75, 3.05) is 11.9 Å². The smallest absolute Gasteiger partial charge is 0.251 e. The van der Waals surface area contributed by atoms with Crippen LogP contribution in [-0.2, 0) is 6.42 Å². The quantitative estimate of drug-likeness (QED) is 0.521. The third kappa shape index (κ3) is 2.51. The first kappa shape index (κ1) is 14.7. The van der Waals surface area contributed by atoms with Crippen LogP contribution in [0.15, 0.2) is 48.1 Å². The Hall–Kier alpha value is -2.86. The second kappa shape index (κ2) is 5.98. The van der Waals surface area contributed by atoms with Gasteiger partial charge in [0.25, 0.3) is 5.91 Å². The minimum Gasteiger partial charge on any atom is -0.369 e. The molecule has 0 fully saturated rings. The van der Waals surface area contributed by atoms with E-state index in [2.05, 4.69) is 39.6 Å². The zero-order valence-electron chi connectivity index (χ0n) is 12.9. The molecule has 4 N–H and O–H groups in total. The first-order valence-electron chi connectivity index (χ1n) is 7.69. The maximum Gasteiger partial charge on any atom is 0.251 e. The van der Waals surface area contributed by atoms with E-state index < -0.39 is 5.91 Å². The van der Waals surface area contributed by atoms with Gasteiger partial charge in [-0.15, -0.1) is 11.3 Å². The summed E-state index contributed by atoms with van der Waals surface area (Å²) in [5, 5.41) is 7.52. The van der Waals surface area contributed by atoms with Crippen LogP contribution in [-0.4, -0.2) is 22.4 Å². The molecule has 3 aromatic heterocycles. The zero-order valence-corrected chi connectivity index (χ0v) is 13.7. The molecule has 3 heterocycles. The SMILES string of the molecule is NC(=O)c1cnc(NCCc2cccc3[nH]ccc23)c2ccsc12. The van der Waals surface area contributed by atoms with Crippen LogP contribution in [0.2, 0.25) is 0 Å². The molecular weight excluding hydrogens is 320 g/mol. The molecule has 0 aliphatic carbocycles. The summed E-state index contributed by atoms with van der Waals surface area (Å²) < 4.78 is 0.882. The molecule has 0 aliphatic rings. The van der Waals surface area contributed by atoms with Crippen LogP contribution in [0.5, 0.6) is 0 Å². The molecule has 0 saturated heterocycles. The molecule has 0 bridgehead atoms. The van der Waals surface area contributed by atoms with Crippen molar-refractivity contribution < 1.29 is 4.79 Å². The molecule has 24 heavy (non-hydrogen) atoms. The molecule has 0 aliphatic heterocycles. The molecule has 0 saturated carbocycles. The van der Waals surface area contributed by atoms with Gasteiger partial charge in [0.05, 0.1) is 10.3 Å². The first-order valence-corrected chi connectivity index (χ1v) is 8.57. The summed E-state index contributed by atoms with van der Waals surface area (Å²) in [4.78, 5) is 19.1. The minimum atomic E-state index is -0.444. The van der Waals surface area contributed by atoms with Crippen LogP contribution >= 0.6 is 11.3 Å². The number of pyridine rings is 1. The first-order chi connectivity index (χ1) is 11.7. The van der Waals surface area contributed by atoms with Crippen molar-refractivity contribution in [1.29, 1.82) is 0 Å². The fraction of sp³-hybridized carbons (Fsp3) is 0.111. The summed E-state index contributed by atoms with van der Waals surface area (Å²) in [6.07, 6.45) is 4.40. The number of rotatable bonds is 5. The second-order valence-electron chi connectivity index (χ2n) is 5.58. The topological polar surface area (TPSA) is 83.8 Å². The highest BCUT2D eigenvalue weighted by Crippen LogP contribution is 2.29. The van der Waals surface area contributed by atoms with Gasteiger partial charge in [-0.1, -0.05) is 12.1 Å². The lowest BCUT2D eigenvalue weighted by Gasteiger charge is -2.09. The summed E-state index contributed by atoms with van der Waals surface area (Å²) >= 11 is 1.50. The summed E-state index contributed by atoms with van der Waals surface area (Å²) in [6.45, 7) is 0.762. The number of aromatic nitrogens is 2. The van der Waals surface area contributed by atoms with Crippen LogP contribution in [0.1, 0.15) is 15.9 Å². The fourth-order valence-electron chi connectivity index (χ4n) is 2.96. The Labute approximate surface area is 142 Å². The highest BCUT2D eigenvalue weighted by atomic mass is 32.1. The number of anilines is 1. The third-order valence-corrected chi connectivity index (χ3v) is 5.07. The fourth-order valence-corrected chi connectivity index (χ4v) is 3.87. The van der Waals surface area contributed by atoms with Crippen molar-refractivity contribution in [3.8, 4) is 0 Å². The predicted molar refractivity (Wildman–Crippen MR) is 98.6 cm³/mol. The van der Waals surface area contributed by atoms with Crippen molar-refractivity contribution in [2.24, 2.45) is 5.73 Å². The average molecular weight is 336 g/mol. The summed E-state index contributed by atoms with van der Waals surface area (Å²) in [7, 11) is 0. The van der Waals surface area contributed by atoms with E-state index in [0.29, 0.717) is 5.56 Å². The van der Waals surface area contributed by atoms with Crippen molar-refractivity contribution in [3.05, 3.63) is 59.2 Å². The van der Waals surface area contributed by atoms with Crippen molar-refractivity contribution in [3.63, 3.8) is 0 Å². The number of H-pyrrole nitrogens is 1. The molecule has 4 aromatic rings. The van der Waals surface area contributed by atoms with Crippen LogP contribution in [0.25, 0.3) is 21.0 Å². The number of aromatic amines is 1. The maximum atomic E-state index is 11.5. The Balaban J connectivity index is 1.55. The molecule has 1 amide bonds. The second-order valence-corrected chi connectivity index (χ2v) is 6.50. The van der Waals surface area contributed by atoms with E-state index in [0.717, 1.165) is 34.4 Å². The number of carbonyl (C=O) groups is 1. The van der Waals surface area contributed by atoms with E-state index in [1.807, 2.05) is 17.6 Å². The largest absolute Gasteiger partial charge is 0.369 e. The van der Waals surface area contributed by atoms with Crippen LogP contribution in [0.3, 0.4) is 0 Å². The van der Waals surface area contributed by atoms with Crippen LogP contribution in [0, 0.1) is 0 Å². The number of benzene rings is 1. The highest BCUT2D eigenvalue weighted by molar-refractivity contribution is 7.17. The van der Waals surface area contributed by atoms with E-state index in [-0.39, 0.29) is 0 Å². The molecule has 0 unspecified atom stereocenters. The lowest BCUT2D eigenvalue weighted by atomic mass is 10.1. The molecule has 4 rings (SSSR count). The van der Waals surface area contributed by atoms with Gasteiger partial charge >= 0.3 is 0 Å². The monoisotopic (exact) mass is 336 g/mol. The van der Waals surface area contributed by atoms with Gasteiger partial charge in [0.15, 0.2) is 0 Å². The number of nitrogens with one attached hydrogen (secondary N) is 2. The van der Waals surface area contributed by atoms with Crippen molar-refractivity contribution in [2.45, 2.75) is 6.42 Å². The Morgan fingerprint density at radius 1 is 1.25 bits per heavy atom. The van der Waals surface area contributed by atoms with Gasteiger partial charge in [-0.25, -0.2) is 4.98 Å². The predicted octanol–water partition coefficient (Wildman–Crippen LogP) is 3.53. The van der Waals surface area contributed by atoms with Crippen LogP contribution < -0.4 is 11.1 Å². The standard InChI is InChI=1S/C18H16N4OS/c19-17(23)14-10-22-18(13-6-9-24-16(13)14)21-7-4-11-2-1-3-15-12(11)5-8-20-15/h1-3,5-6,8-10,20H,4,7H2,(H2,19,23)(H,21,22). The van der Waals surface area contributed by atoms with E-state index in [1.54, 1.807) is 6.20 Å². The molecule has 0 radical (unpaired) electrons. The third-order valence-electron chi connectivity index (χ3n) is 4.13. The van der Waals surface area contributed by atoms with E-state index >= 15 is 0 Å². The number of thiophene rings is 1. The van der Waals surface area contributed by atoms with Gasteiger partial charge in [0, 0.05) is 35.2 Å². The molecule has 6 heteroatoms. The van der Waals surface area contributed by atoms with Crippen molar-refractivity contribution >= 4 is 44.1 Å². The van der Waals surface area contributed by atoms with Crippen LogP contribution in [0.4, 0.5) is 5.82 Å². The van der Waals surface area contributed by atoms with Gasteiger partial charge in [0.1, 0.15) is 5.82 Å². The molecule has 1 aromatic carbocycles. The lowest BCUT2D eigenvalue weighted by Crippen LogP contribution is -2.13. The molecule has 0 atom stereocenters. The number of carbonyl (C=O) groups excluding carboxylic acids is 1. The van der Waals surface area contributed by atoms with E-state index in [9.17, 15) is 4.79 Å². The maximum absolute atomic E-state index is 11.5. The molecule has 5 nitrogen and oxygen atoms in total. The van der Waals surface area contributed by atoms with Gasteiger partial charge < -0.3 is 16.0 Å². The molecule has 120 valence electrons. The lowest BCUT2D eigenvalue weighted by molar-refractivity contribution is 0.100. The van der Waals surface area contributed by atoms with Gasteiger partial charge in [-0.2, -0.15) is 0 Å². The summed E-state index contributed by atoms with van der Waals surface area (Å²) in [5.74, 6) is 0.345. The number of hydrogen-bond acceptors (Lipinski definition) is 4. The number of fused-ring (bicyclic) bond motifs is 2. The zero-order chi connectivity index (χ0) is 16.5. The molecular formula is C18H16N4OS. The number of hydrogen-bond donors (Lipinski definition) is 3. The van der Waals surface area contributed by atoms with Gasteiger partial charge in [-0.3, -0.25) is 4.79 Å². The molecule has 0 spiro atoms. The number of amides is 1. The van der Waals surface area contributed by atoms with E-state index in [1.165, 1.54) is 22.3 Å². The average Bonchev–Trinajstić information content (AvgIpc) is 3.24. The number of nitrogens with two attached hydrogens (primary N) is 1. The summed E-state index contributed by atoms with van der Waals surface area (Å²) in [5.41, 5.74) is 8.33. The minimum absolute atomic E-state index is 0.444. The Kier molecular flexibility index (Phi) is 3.66. The normalized spacial score (nSPS) is 11.2. The van der Waals surface area contributed by atoms with E-state index in [4.69, 9.17) is 5.73 Å². The summed E-state index contributed by atoms with van der Waals surface area (Å²) in [6, 6.07) is 10.3. The number of nitrogens with zero attached hydrogens (tertiary/aromatic N) is 1. The Bertz CT molecular complexity index is 1030. The Morgan fingerprint density at radius 3 is 3.04 bits per heavy atom. The van der Waals surface area contributed by atoms with Gasteiger partial charge in [-0.05, 0) is 35.6 Å². The number of primary amides is 1. The highest BCUT2D eigenvalue weighted by Gasteiger charge is 2.12. The Morgan fingerprint density at radius 2 is 2.17 bits per heavy atom. The van der Waals surface area contributed by atoms with Gasteiger partial charge in [0.2, 0.25) is 0 Å². The van der Waals surface area contributed by atoms with Crippen molar-refractivity contribution in [1.82, 2.24) is 9.97 Å².